The van der Waals surface area contributed by atoms with E-state index in [1.807, 2.05) is 0 Å². The van der Waals surface area contributed by atoms with Gasteiger partial charge in [-0.1, -0.05) is 11.6 Å². The monoisotopic (exact) mass is 412 g/mol. The molecule has 6 nitrogen and oxygen atoms in total. The van der Waals surface area contributed by atoms with Gasteiger partial charge < -0.3 is 9.15 Å². The minimum atomic E-state index is -2.79. The lowest BCUT2D eigenvalue weighted by atomic mass is 10.00. The molecule has 3 aromatic rings. The smallest absolute Gasteiger partial charge is 0.313 e. The number of halogens is 4. The second-order valence-corrected chi connectivity index (χ2v) is 6.84. The van der Waals surface area contributed by atoms with Gasteiger partial charge in [0.1, 0.15) is 17.9 Å². The van der Waals surface area contributed by atoms with Crippen molar-refractivity contribution in [3.8, 4) is 5.69 Å². The quantitative estimate of drug-likeness (QED) is 0.618. The molecule has 0 aliphatic carbocycles. The molecule has 0 bridgehead atoms. The fourth-order valence-electron chi connectivity index (χ4n) is 3.09. The van der Waals surface area contributed by atoms with Crippen LogP contribution in [0.3, 0.4) is 0 Å². The van der Waals surface area contributed by atoms with Gasteiger partial charge in [0.05, 0.1) is 22.8 Å². The number of hydrogen-bond acceptors (Lipinski definition) is 5. The predicted octanol–water partition coefficient (Wildman–Crippen LogP) is 4.47. The van der Waals surface area contributed by atoms with Crippen LogP contribution in [0.25, 0.3) is 5.69 Å². The average molecular weight is 413 g/mol. The molecule has 0 radical (unpaired) electrons. The van der Waals surface area contributed by atoms with Crippen molar-refractivity contribution in [1.82, 2.24) is 19.7 Å². The summed E-state index contributed by atoms with van der Waals surface area (Å²) in [5.74, 6) is 0.0265. The molecule has 0 atom stereocenters. The number of aromatic nitrogens is 4. The zero-order valence-electron chi connectivity index (χ0n) is 14.6. The van der Waals surface area contributed by atoms with Gasteiger partial charge in [-0.25, -0.2) is 19.0 Å². The summed E-state index contributed by atoms with van der Waals surface area (Å²) in [7, 11) is 0. The lowest BCUT2D eigenvalue weighted by molar-refractivity contribution is 0.0836. The van der Waals surface area contributed by atoms with Crippen LogP contribution in [0, 0.1) is 5.82 Å². The van der Waals surface area contributed by atoms with Crippen molar-refractivity contribution < 1.29 is 22.3 Å². The van der Waals surface area contributed by atoms with Crippen molar-refractivity contribution in [3.63, 3.8) is 0 Å². The van der Waals surface area contributed by atoms with Crippen LogP contribution in [-0.4, -0.2) is 33.0 Å². The standard InChI is InChI=1S/C18H16ClF3N4O2/c19-13-8-12(1-2-14(13)20)26-15(7-11-9-28-18(23-11)16(21)22)24-17(25-26)10-3-5-27-6-4-10/h1-2,8-10,16H,3-7H2. The Morgan fingerprint density at radius 2 is 2.00 bits per heavy atom. The van der Waals surface area contributed by atoms with Crippen molar-refractivity contribution in [3.05, 3.63) is 58.5 Å². The van der Waals surface area contributed by atoms with Gasteiger partial charge in [-0.05, 0) is 31.0 Å². The van der Waals surface area contributed by atoms with E-state index in [4.69, 9.17) is 20.8 Å². The van der Waals surface area contributed by atoms with E-state index in [0.717, 1.165) is 12.8 Å². The second kappa shape index (κ2) is 7.92. The first-order valence-electron chi connectivity index (χ1n) is 8.72. The number of rotatable bonds is 5. The minimum Gasteiger partial charge on any atom is -0.444 e. The predicted molar refractivity (Wildman–Crippen MR) is 93.4 cm³/mol. The van der Waals surface area contributed by atoms with Gasteiger partial charge in [-0.15, -0.1) is 0 Å². The Labute approximate surface area is 163 Å². The van der Waals surface area contributed by atoms with Gasteiger partial charge in [0.25, 0.3) is 5.89 Å². The molecule has 0 N–H and O–H groups in total. The molecule has 3 heterocycles. The molecular formula is C18H16ClF3N4O2. The summed E-state index contributed by atoms with van der Waals surface area (Å²) in [5.41, 5.74) is 0.820. The van der Waals surface area contributed by atoms with Crippen LogP contribution >= 0.6 is 11.6 Å². The summed E-state index contributed by atoms with van der Waals surface area (Å²) in [4.78, 5) is 8.39. The van der Waals surface area contributed by atoms with Crippen LogP contribution in [0.1, 0.15) is 48.4 Å². The maximum absolute atomic E-state index is 13.6. The zero-order chi connectivity index (χ0) is 19.7. The molecule has 0 spiro atoms. The van der Waals surface area contributed by atoms with Crippen molar-refractivity contribution in [1.29, 1.82) is 0 Å². The lowest BCUT2D eigenvalue weighted by Crippen LogP contribution is -2.15. The third kappa shape index (κ3) is 3.90. The maximum atomic E-state index is 13.6. The van der Waals surface area contributed by atoms with E-state index in [1.54, 1.807) is 0 Å². The van der Waals surface area contributed by atoms with Crippen molar-refractivity contribution in [2.24, 2.45) is 0 Å². The highest BCUT2D eigenvalue weighted by Crippen LogP contribution is 2.27. The fourth-order valence-corrected chi connectivity index (χ4v) is 3.27. The van der Waals surface area contributed by atoms with E-state index in [9.17, 15) is 13.2 Å². The second-order valence-electron chi connectivity index (χ2n) is 6.44. The largest absolute Gasteiger partial charge is 0.444 e. The van der Waals surface area contributed by atoms with E-state index in [0.29, 0.717) is 36.2 Å². The highest BCUT2D eigenvalue weighted by atomic mass is 35.5. The molecule has 28 heavy (non-hydrogen) atoms. The first-order chi connectivity index (χ1) is 13.5. The van der Waals surface area contributed by atoms with Gasteiger partial charge in [0, 0.05) is 19.1 Å². The number of nitrogens with zero attached hydrogens (tertiary/aromatic N) is 4. The molecule has 1 fully saturated rings. The number of alkyl halides is 2. The maximum Gasteiger partial charge on any atom is 0.313 e. The van der Waals surface area contributed by atoms with Gasteiger partial charge in [0.2, 0.25) is 0 Å². The highest BCUT2D eigenvalue weighted by molar-refractivity contribution is 6.30. The number of benzene rings is 1. The molecule has 0 saturated carbocycles. The molecule has 1 aromatic carbocycles. The molecule has 1 aliphatic heterocycles. The van der Waals surface area contributed by atoms with E-state index in [2.05, 4.69) is 15.1 Å². The van der Waals surface area contributed by atoms with Crippen LogP contribution in [0.5, 0.6) is 0 Å². The van der Waals surface area contributed by atoms with Crippen molar-refractivity contribution >= 4 is 11.6 Å². The Morgan fingerprint density at radius 3 is 2.68 bits per heavy atom. The summed E-state index contributed by atoms with van der Waals surface area (Å²) in [6, 6.07) is 4.21. The Balaban J connectivity index is 1.71. The summed E-state index contributed by atoms with van der Waals surface area (Å²) >= 11 is 5.91. The molecule has 2 aromatic heterocycles. The first-order valence-corrected chi connectivity index (χ1v) is 9.10. The van der Waals surface area contributed by atoms with Gasteiger partial charge in [-0.2, -0.15) is 13.9 Å². The Morgan fingerprint density at radius 1 is 1.21 bits per heavy atom. The summed E-state index contributed by atoms with van der Waals surface area (Å²) in [5, 5.41) is 4.53. The summed E-state index contributed by atoms with van der Waals surface area (Å²) < 4.78 is 50.7. The zero-order valence-corrected chi connectivity index (χ0v) is 15.4. The minimum absolute atomic E-state index is 0.0482. The van der Waals surface area contributed by atoms with Gasteiger partial charge >= 0.3 is 6.43 Å². The normalized spacial score (nSPS) is 15.5. The van der Waals surface area contributed by atoms with Crippen molar-refractivity contribution in [2.45, 2.75) is 31.6 Å². The number of oxazole rings is 1. The topological polar surface area (TPSA) is 66.0 Å². The van der Waals surface area contributed by atoms with Gasteiger partial charge in [0.15, 0.2) is 5.82 Å². The van der Waals surface area contributed by atoms with E-state index in [1.165, 1.54) is 29.1 Å². The van der Waals surface area contributed by atoms with Gasteiger partial charge in [-0.3, -0.25) is 0 Å². The van der Waals surface area contributed by atoms with Crippen LogP contribution in [0.15, 0.2) is 28.9 Å². The molecular weight excluding hydrogens is 397 g/mol. The Kier molecular flexibility index (Phi) is 5.36. The molecule has 4 rings (SSSR count). The van der Waals surface area contributed by atoms with Crippen LogP contribution < -0.4 is 0 Å². The lowest BCUT2D eigenvalue weighted by Gasteiger charge is -2.18. The number of ether oxygens (including phenoxy) is 1. The van der Waals surface area contributed by atoms with E-state index >= 15 is 0 Å². The molecule has 1 aliphatic rings. The summed E-state index contributed by atoms with van der Waals surface area (Å²) in [6.07, 6.45) is 0.0776. The van der Waals surface area contributed by atoms with E-state index < -0.39 is 18.1 Å². The third-order valence-electron chi connectivity index (χ3n) is 4.52. The van der Waals surface area contributed by atoms with E-state index in [-0.39, 0.29) is 17.4 Å². The third-order valence-corrected chi connectivity index (χ3v) is 4.81. The molecule has 148 valence electrons. The van der Waals surface area contributed by atoms with Crippen molar-refractivity contribution in [2.75, 3.05) is 13.2 Å². The Hall–Kier alpha value is -2.39. The van der Waals surface area contributed by atoms with Crippen LogP contribution in [0.2, 0.25) is 5.02 Å². The molecule has 0 unspecified atom stereocenters. The number of hydrogen-bond donors (Lipinski definition) is 0. The highest BCUT2D eigenvalue weighted by Gasteiger charge is 2.24. The van der Waals surface area contributed by atoms with Crippen LogP contribution in [0.4, 0.5) is 13.2 Å². The average Bonchev–Trinajstić information content (AvgIpc) is 3.33. The summed E-state index contributed by atoms with van der Waals surface area (Å²) in [6.45, 7) is 1.25. The SMILES string of the molecule is Fc1ccc(-n2nc(C3CCOCC3)nc2Cc2coc(C(F)F)n2)cc1Cl. The Bertz CT molecular complexity index is 970. The molecule has 10 heteroatoms. The molecule has 1 saturated heterocycles. The fraction of sp³-hybridized carbons (Fsp3) is 0.389. The van der Waals surface area contributed by atoms with Crippen LogP contribution in [-0.2, 0) is 11.2 Å². The molecule has 0 amide bonds. The first kappa shape index (κ1) is 18.9.